The van der Waals surface area contributed by atoms with Crippen LogP contribution in [-0.2, 0) is 4.79 Å². The fraction of sp³-hybridized carbons (Fsp3) is 0.625. The first kappa shape index (κ1) is 13.3. The Labute approximate surface area is 128 Å². The first-order valence-corrected chi connectivity index (χ1v) is 8.77. The molecular weight excluding hydrogens is 284 g/mol. The lowest BCUT2D eigenvalue weighted by molar-refractivity contribution is -0.144. The quantitative estimate of drug-likeness (QED) is 0.798. The Balaban J connectivity index is 1.53. The minimum absolute atomic E-state index is 0.168. The van der Waals surface area contributed by atoms with Gasteiger partial charge in [0.2, 0.25) is 5.91 Å². The molecule has 0 radical (unpaired) electrons. The van der Waals surface area contributed by atoms with E-state index in [-0.39, 0.29) is 5.91 Å². The summed E-state index contributed by atoms with van der Waals surface area (Å²) in [5, 5.41) is 3.89. The second-order valence-electron chi connectivity index (χ2n) is 6.59. The summed E-state index contributed by atoms with van der Waals surface area (Å²) < 4.78 is 0. The Kier molecular flexibility index (Phi) is 3.25. The standard InChI is InChI=1S/C16H20N2O2S/c19-15-3-1-2-14-13-6-11(8-18(14)15)7-17(9-13)16(20)12-4-5-21-10-12/h4-5,10-11,13-14H,1-3,6-9H2/t11-,13-,14-/m1/s1. The third-order valence-corrected chi connectivity index (χ3v) is 5.92. The van der Waals surface area contributed by atoms with Gasteiger partial charge >= 0.3 is 0 Å². The van der Waals surface area contributed by atoms with Crippen LogP contribution in [0.1, 0.15) is 36.0 Å². The molecule has 1 aromatic rings. The Morgan fingerprint density at radius 1 is 1.29 bits per heavy atom. The molecule has 3 aliphatic heterocycles. The van der Waals surface area contributed by atoms with Crippen molar-refractivity contribution in [2.75, 3.05) is 19.6 Å². The highest BCUT2D eigenvalue weighted by atomic mass is 32.1. The molecule has 3 fully saturated rings. The molecular formula is C16H20N2O2S. The van der Waals surface area contributed by atoms with Gasteiger partial charge in [0.15, 0.2) is 0 Å². The molecule has 21 heavy (non-hydrogen) atoms. The van der Waals surface area contributed by atoms with Gasteiger partial charge in [-0.05, 0) is 42.5 Å². The van der Waals surface area contributed by atoms with Crippen molar-refractivity contribution in [3.63, 3.8) is 0 Å². The van der Waals surface area contributed by atoms with E-state index in [1.807, 2.05) is 21.7 Å². The number of rotatable bonds is 1. The third kappa shape index (κ3) is 2.27. The van der Waals surface area contributed by atoms with Gasteiger partial charge in [-0.25, -0.2) is 0 Å². The van der Waals surface area contributed by atoms with Crippen LogP contribution < -0.4 is 0 Å². The predicted octanol–water partition coefficient (Wildman–Crippen LogP) is 2.22. The summed E-state index contributed by atoms with van der Waals surface area (Å²) in [5.74, 6) is 1.44. The molecule has 5 heteroatoms. The highest BCUT2D eigenvalue weighted by molar-refractivity contribution is 7.08. The molecule has 0 spiro atoms. The number of hydrogen-bond acceptors (Lipinski definition) is 3. The molecule has 0 unspecified atom stereocenters. The van der Waals surface area contributed by atoms with Crippen LogP contribution in [0.15, 0.2) is 16.8 Å². The number of piperidine rings is 3. The Bertz CT molecular complexity index is 557. The summed E-state index contributed by atoms with van der Waals surface area (Å²) in [4.78, 5) is 28.8. The van der Waals surface area contributed by atoms with E-state index >= 15 is 0 Å². The zero-order valence-corrected chi connectivity index (χ0v) is 12.8. The lowest BCUT2D eigenvalue weighted by atomic mass is 9.76. The first-order valence-electron chi connectivity index (χ1n) is 7.83. The summed E-state index contributed by atoms with van der Waals surface area (Å²) >= 11 is 1.57. The van der Waals surface area contributed by atoms with E-state index in [0.29, 0.717) is 30.2 Å². The van der Waals surface area contributed by atoms with Gasteiger partial charge in [-0.15, -0.1) is 0 Å². The van der Waals surface area contributed by atoms with E-state index in [4.69, 9.17) is 0 Å². The van der Waals surface area contributed by atoms with Gasteiger partial charge in [-0.3, -0.25) is 9.59 Å². The number of nitrogens with zero attached hydrogens (tertiary/aromatic N) is 2. The fourth-order valence-corrected chi connectivity index (χ4v) is 4.97. The summed E-state index contributed by atoms with van der Waals surface area (Å²) in [7, 11) is 0. The highest BCUT2D eigenvalue weighted by Gasteiger charge is 2.44. The maximum Gasteiger partial charge on any atom is 0.254 e. The van der Waals surface area contributed by atoms with Gasteiger partial charge in [0.05, 0.1) is 5.56 Å². The van der Waals surface area contributed by atoms with Gasteiger partial charge in [-0.1, -0.05) is 0 Å². The number of thiophene rings is 1. The summed E-state index contributed by atoms with van der Waals surface area (Å²) in [6.07, 6.45) is 4.03. The van der Waals surface area contributed by atoms with E-state index in [9.17, 15) is 9.59 Å². The van der Waals surface area contributed by atoms with E-state index in [0.717, 1.165) is 38.0 Å². The van der Waals surface area contributed by atoms with Crippen molar-refractivity contribution in [1.29, 1.82) is 0 Å². The SMILES string of the molecule is O=C(c1ccsc1)N1C[C@H]2C[C@H](C1)[C@H]1CCCC(=O)N1C2. The van der Waals surface area contributed by atoms with Gasteiger partial charge in [0.25, 0.3) is 5.91 Å². The van der Waals surface area contributed by atoms with E-state index in [1.54, 1.807) is 11.3 Å². The van der Waals surface area contributed by atoms with Crippen molar-refractivity contribution in [3.8, 4) is 0 Å². The second kappa shape index (κ2) is 5.13. The molecule has 4 rings (SSSR count). The van der Waals surface area contributed by atoms with Crippen molar-refractivity contribution < 1.29 is 9.59 Å². The molecule has 4 nitrogen and oxygen atoms in total. The van der Waals surface area contributed by atoms with E-state index < -0.39 is 0 Å². The molecule has 4 heterocycles. The Morgan fingerprint density at radius 3 is 3.00 bits per heavy atom. The van der Waals surface area contributed by atoms with Crippen LogP contribution in [-0.4, -0.2) is 47.3 Å². The molecule has 3 aliphatic rings. The number of carbonyl (C=O) groups is 2. The third-order valence-electron chi connectivity index (χ3n) is 5.24. The van der Waals surface area contributed by atoms with Crippen LogP contribution in [0.25, 0.3) is 0 Å². The summed E-state index contributed by atoms with van der Waals surface area (Å²) in [5.41, 5.74) is 0.816. The molecule has 1 aromatic heterocycles. The normalized spacial score (nSPS) is 32.0. The monoisotopic (exact) mass is 304 g/mol. The average molecular weight is 304 g/mol. The van der Waals surface area contributed by atoms with Crippen LogP contribution >= 0.6 is 11.3 Å². The predicted molar refractivity (Wildman–Crippen MR) is 81.2 cm³/mol. The van der Waals surface area contributed by atoms with Crippen LogP contribution in [0.3, 0.4) is 0 Å². The Hall–Kier alpha value is -1.36. The van der Waals surface area contributed by atoms with Crippen molar-refractivity contribution in [3.05, 3.63) is 22.4 Å². The van der Waals surface area contributed by atoms with Crippen LogP contribution in [0, 0.1) is 11.8 Å². The van der Waals surface area contributed by atoms with Gasteiger partial charge in [-0.2, -0.15) is 11.3 Å². The maximum atomic E-state index is 12.6. The van der Waals surface area contributed by atoms with Crippen molar-refractivity contribution in [2.45, 2.75) is 31.7 Å². The lowest BCUT2D eigenvalue weighted by Crippen LogP contribution is -2.61. The second-order valence-corrected chi connectivity index (χ2v) is 7.37. The Morgan fingerprint density at radius 2 is 2.19 bits per heavy atom. The molecule has 2 amide bonds. The number of likely N-dealkylation sites (tertiary alicyclic amines) is 1. The van der Waals surface area contributed by atoms with E-state index in [2.05, 4.69) is 4.90 Å². The molecule has 112 valence electrons. The highest BCUT2D eigenvalue weighted by Crippen LogP contribution is 2.38. The maximum absolute atomic E-state index is 12.6. The zero-order valence-electron chi connectivity index (χ0n) is 12.0. The molecule has 2 bridgehead atoms. The van der Waals surface area contributed by atoms with Gasteiger partial charge in [0, 0.05) is 37.5 Å². The number of fused-ring (bicyclic) bond motifs is 4. The zero-order chi connectivity index (χ0) is 14.4. The lowest BCUT2D eigenvalue weighted by Gasteiger charge is -2.52. The summed E-state index contributed by atoms with van der Waals surface area (Å²) in [6, 6.07) is 2.29. The number of amides is 2. The minimum atomic E-state index is 0.168. The van der Waals surface area contributed by atoms with Crippen molar-refractivity contribution in [2.24, 2.45) is 11.8 Å². The van der Waals surface area contributed by atoms with Gasteiger partial charge in [0.1, 0.15) is 0 Å². The molecule has 0 N–H and O–H groups in total. The molecule has 3 atom stereocenters. The fourth-order valence-electron chi connectivity index (χ4n) is 4.34. The average Bonchev–Trinajstić information content (AvgIpc) is 3.02. The van der Waals surface area contributed by atoms with Crippen molar-refractivity contribution >= 4 is 23.2 Å². The largest absolute Gasteiger partial charge is 0.339 e. The molecule has 0 aromatic carbocycles. The topological polar surface area (TPSA) is 40.6 Å². The molecule has 3 saturated heterocycles. The van der Waals surface area contributed by atoms with Crippen molar-refractivity contribution in [1.82, 2.24) is 9.80 Å². The van der Waals surface area contributed by atoms with Crippen LogP contribution in [0.4, 0.5) is 0 Å². The number of carbonyl (C=O) groups excluding carboxylic acids is 2. The minimum Gasteiger partial charge on any atom is -0.339 e. The van der Waals surface area contributed by atoms with E-state index in [1.165, 1.54) is 6.42 Å². The smallest absolute Gasteiger partial charge is 0.254 e. The first-order chi connectivity index (χ1) is 10.2. The van der Waals surface area contributed by atoms with Crippen LogP contribution in [0.2, 0.25) is 0 Å². The van der Waals surface area contributed by atoms with Crippen LogP contribution in [0.5, 0.6) is 0 Å². The summed E-state index contributed by atoms with van der Waals surface area (Å²) in [6.45, 7) is 2.48. The van der Waals surface area contributed by atoms with Gasteiger partial charge < -0.3 is 9.80 Å². The number of hydrogen-bond donors (Lipinski definition) is 0. The molecule has 0 saturated carbocycles. The molecule has 0 aliphatic carbocycles.